The second kappa shape index (κ2) is 4.18. The van der Waals surface area contributed by atoms with Crippen LogP contribution in [0.25, 0.3) is 0 Å². The third kappa shape index (κ3) is 2.11. The van der Waals surface area contributed by atoms with E-state index in [1.807, 2.05) is 26.1 Å². The minimum atomic E-state index is 0.563. The lowest BCUT2D eigenvalue weighted by molar-refractivity contribution is 0.434. The number of hydrogen-bond donors (Lipinski definition) is 0. The van der Waals surface area contributed by atoms with E-state index in [4.69, 9.17) is 4.74 Å². The summed E-state index contributed by atoms with van der Waals surface area (Å²) in [6.45, 7) is 2.00. The largest absolute Gasteiger partial charge is 0.418 e. The third-order valence-electron chi connectivity index (χ3n) is 2.07. The molecule has 2 heterocycles. The van der Waals surface area contributed by atoms with Gasteiger partial charge in [-0.05, 0) is 35.6 Å². The van der Waals surface area contributed by atoms with Crippen molar-refractivity contribution in [2.75, 3.05) is 0 Å². The van der Waals surface area contributed by atoms with Crippen molar-refractivity contribution in [1.82, 2.24) is 14.8 Å². The minimum absolute atomic E-state index is 0.563. The first-order chi connectivity index (χ1) is 7.18. The van der Waals surface area contributed by atoms with E-state index in [-0.39, 0.29) is 0 Å². The molecule has 5 heteroatoms. The molecule has 0 aliphatic heterocycles. The molecule has 2 aromatic rings. The fourth-order valence-electron chi connectivity index (χ4n) is 1.12. The Morgan fingerprint density at radius 3 is 2.73 bits per heavy atom. The van der Waals surface area contributed by atoms with Gasteiger partial charge in [0.1, 0.15) is 0 Å². The van der Waals surface area contributed by atoms with E-state index in [0.717, 1.165) is 9.26 Å². The SMILES string of the molecule is Cc1c(I)c(Oc2ccccn2)nn1C. The molecular weight excluding hydrogens is 305 g/mol. The fourth-order valence-corrected chi connectivity index (χ4v) is 1.69. The van der Waals surface area contributed by atoms with Gasteiger partial charge in [-0.25, -0.2) is 4.98 Å². The predicted molar refractivity (Wildman–Crippen MR) is 65.0 cm³/mol. The molecule has 15 heavy (non-hydrogen) atoms. The van der Waals surface area contributed by atoms with Gasteiger partial charge in [-0.15, -0.1) is 5.10 Å². The van der Waals surface area contributed by atoms with Crippen LogP contribution in [-0.2, 0) is 7.05 Å². The van der Waals surface area contributed by atoms with E-state index in [2.05, 4.69) is 32.7 Å². The molecule has 0 atom stereocenters. The van der Waals surface area contributed by atoms with Gasteiger partial charge in [0.2, 0.25) is 5.88 Å². The Bertz CT molecular complexity index is 467. The van der Waals surface area contributed by atoms with E-state index >= 15 is 0 Å². The molecule has 0 aromatic carbocycles. The number of aryl methyl sites for hydroxylation is 1. The molecule has 2 aromatic heterocycles. The fraction of sp³-hybridized carbons (Fsp3) is 0.200. The molecule has 0 saturated carbocycles. The summed E-state index contributed by atoms with van der Waals surface area (Å²) in [6.07, 6.45) is 1.69. The highest BCUT2D eigenvalue weighted by Gasteiger charge is 2.12. The zero-order valence-corrected chi connectivity index (χ0v) is 10.6. The van der Waals surface area contributed by atoms with Crippen LogP contribution in [0.15, 0.2) is 24.4 Å². The van der Waals surface area contributed by atoms with Gasteiger partial charge >= 0.3 is 0 Å². The van der Waals surface area contributed by atoms with Crippen LogP contribution in [0.3, 0.4) is 0 Å². The number of halogens is 1. The van der Waals surface area contributed by atoms with Crippen LogP contribution >= 0.6 is 22.6 Å². The zero-order chi connectivity index (χ0) is 10.8. The second-order valence-electron chi connectivity index (χ2n) is 3.10. The van der Waals surface area contributed by atoms with Crippen LogP contribution < -0.4 is 4.74 Å². The highest BCUT2D eigenvalue weighted by molar-refractivity contribution is 14.1. The summed E-state index contributed by atoms with van der Waals surface area (Å²) in [5.74, 6) is 1.17. The normalized spacial score (nSPS) is 10.3. The summed E-state index contributed by atoms with van der Waals surface area (Å²) in [7, 11) is 1.89. The Kier molecular flexibility index (Phi) is 2.90. The molecular formula is C10H10IN3O. The molecule has 0 unspecified atom stereocenters. The zero-order valence-electron chi connectivity index (χ0n) is 8.44. The Hall–Kier alpha value is -1.11. The maximum absolute atomic E-state index is 5.56. The summed E-state index contributed by atoms with van der Waals surface area (Å²) in [6, 6.07) is 5.53. The van der Waals surface area contributed by atoms with Crippen LogP contribution in [0.5, 0.6) is 11.8 Å². The van der Waals surface area contributed by atoms with Gasteiger partial charge < -0.3 is 4.74 Å². The van der Waals surface area contributed by atoms with Crippen molar-refractivity contribution >= 4 is 22.6 Å². The van der Waals surface area contributed by atoms with Gasteiger partial charge in [0.15, 0.2) is 0 Å². The Labute approximate surface area is 101 Å². The highest BCUT2D eigenvalue weighted by Crippen LogP contribution is 2.25. The predicted octanol–water partition coefficient (Wildman–Crippen LogP) is 2.52. The molecule has 0 radical (unpaired) electrons. The topological polar surface area (TPSA) is 39.9 Å². The minimum Gasteiger partial charge on any atom is -0.418 e. The molecule has 0 saturated heterocycles. The van der Waals surface area contributed by atoms with Gasteiger partial charge in [-0.2, -0.15) is 0 Å². The lowest BCUT2D eigenvalue weighted by atomic mass is 10.5. The molecule has 0 bridgehead atoms. The van der Waals surface area contributed by atoms with Crippen LogP contribution in [0.4, 0.5) is 0 Å². The first kappa shape index (κ1) is 10.4. The third-order valence-corrected chi connectivity index (χ3v) is 3.31. The molecule has 0 fully saturated rings. The average molecular weight is 315 g/mol. The summed E-state index contributed by atoms with van der Waals surface area (Å²) >= 11 is 2.22. The highest BCUT2D eigenvalue weighted by atomic mass is 127. The Morgan fingerprint density at radius 1 is 1.40 bits per heavy atom. The van der Waals surface area contributed by atoms with Crippen molar-refractivity contribution in [3.8, 4) is 11.8 Å². The van der Waals surface area contributed by atoms with Gasteiger partial charge in [0.05, 0.1) is 9.26 Å². The number of nitrogens with zero attached hydrogens (tertiary/aromatic N) is 3. The van der Waals surface area contributed by atoms with Gasteiger partial charge in [0, 0.05) is 19.3 Å². The molecule has 0 N–H and O–H groups in total. The van der Waals surface area contributed by atoms with Crippen molar-refractivity contribution in [3.63, 3.8) is 0 Å². The lowest BCUT2D eigenvalue weighted by Crippen LogP contribution is -1.93. The summed E-state index contributed by atoms with van der Waals surface area (Å²) in [5.41, 5.74) is 1.08. The molecule has 2 rings (SSSR count). The summed E-state index contributed by atoms with van der Waals surface area (Å²) in [4.78, 5) is 4.08. The summed E-state index contributed by atoms with van der Waals surface area (Å²) < 4.78 is 8.37. The van der Waals surface area contributed by atoms with Crippen molar-refractivity contribution in [3.05, 3.63) is 33.7 Å². The number of ether oxygens (including phenoxy) is 1. The lowest BCUT2D eigenvalue weighted by Gasteiger charge is -1.99. The first-order valence-electron chi connectivity index (χ1n) is 4.46. The molecule has 0 amide bonds. The number of pyridine rings is 1. The smallest absolute Gasteiger partial charge is 0.253 e. The molecule has 0 aliphatic rings. The van der Waals surface area contributed by atoms with Crippen LogP contribution in [0, 0.1) is 10.5 Å². The van der Waals surface area contributed by atoms with Crippen molar-refractivity contribution in [2.45, 2.75) is 6.92 Å². The monoisotopic (exact) mass is 315 g/mol. The quantitative estimate of drug-likeness (QED) is 0.800. The first-order valence-corrected chi connectivity index (χ1v) is 5.54. The molecule has 78 valence electrons. The standard InChI is InChI=1S/C10H10IN3O/c1-7-9(11)10(13-14(7)2)15-8-5-3-4-6-12-8/h3-6H,1-2H3. The Morgan fingerprint density at radius 2 is 2.20 bits per heavy atom. The van der Waals surface area contributed by atoms with Gasteiger partial charge in [-0.3, -0.25) is 4.68 Å². The van der Waals surface area contributed by atoms with Crippen molar-refractivity contribution < 1.29 is 4.74 Å². The van der Waals surface area contributed by atoms with E-state index in [1.165, 1.54) is 0 Å². The number of aromatic nitrogens is 3. The molecule has 0 aliphatic carbocycles. The van der Waals surface area contributed by atoms with Crippen molar-refractivity contribution in [1.29, 1.82) is 0 Å². The van der Waals surface area contributed by atoms with Gasteiger partial charge in [0.25, 0.3) is 5.88 Å². The van der Waals surface area contributed by atoms with E-state index < -0.39 is 0 Å². The summed E-state index contributed by atoms with van der Waals surface area (Å²) in [5, 5.41) is 4.25. The maximum atomic E-state index is 5.56. The van der Waals surface area contributed by atoms with Gasteiger partial charge in [-0.1, -0.05) is 6.07 Å². The van der Waals surface area contributed by atoms with Crippen LogP contribution in [0.2, 0.25) is 0 Å². The molecule has 4 nitrogen and oxygen atoms in total. The van der Waals surface area contributed by atoms with Crippen molar-refractivity contribution in [2.24, 2.45) is 7.05 Å². The van der Waals surface area contributed by atoms with Crippen LogP contribution in [0.1, 0.15) is 5.69 Å². The maximum Gasteiger partial charge on any atom is 0.253 e. The number of rotatable bonds is 2. The van der Waals surface area contributed by atoms with E-state index in [9.17, 15) is 0 Å². The number of hydrogen-bond acceptors (Lipinski definition) is 3. The second-order valence-corrected chi connectivity index (χ2v) is 4.18. The van der Waals surface area contributed by atoms with E-state index in [0.29, 0.717) is 11.8 Å². The van der Waals surface area contributed by atoms with E-state index in [1.54, 1.807) is 16.9 Å². The van der Waals surface area contributed by atoms with Crippen LogP contribution in [-0.4, -0.2) is 14.8 Å². The average Bonchev–Trinajstić information content (AvgIpc) is 2.48. The Balaban J connectivity index is 2.29. The molecule has 0 spiro atoms.